The van der Waals surface area contributed by atoms with Crippen LogP contribution in [0.2, 0.25) is 0 Å². The summed E-state index contributed by atoms with van der Waals surface area (Å²) in [4.78, 5) is 0. The number of hydrogen-bond acceptors (Lipinski definition) is 2. The molecule has 1 fully saturated rings. The molecule has 1 N–H and O–H groups in total. The molecule has 1 saturated carbocycles. The van der Waals surface area contributed by atoms with Crippen molar-refractivity contribution in [3.05, 3.63) is 0 Å². The monoisotopic (exact) mass is 364 g/mol. The maximum absolute atomic E-state index is 11.5. The molecule has 3 unspecified atom stereocenters. The van der Waals surface area contributed by atoms with Crippen LogP contribution in [0, 0.1) is 5.41 Å². The van der Waals surface area contributed by atoms with Gasteiger partial charge in [0.1, 0.15) is 0 Å². The van der Waals surface area contributed by atoms with E-state index in [1.54, 1.807) is 0 Å². The fourth-order valence-electron chi connectivity index (χ4n) is 3.89. The molecule has 23 heavy (non-hydrogen) atoms. The van der Waals surface area contributed by atoms with Gasteiger partial charge in [0.15, 0.2) is 0 Å². The van der Waals surface area contributed by atoms with Crippen LogP contribution in [0.25, 0.3) is 0 Å². The lowest BCUT2D eigenvalue weighted by Crippen LogP contribution is -2.20. The summed E-state index contributed by atoms with van der Waals surface area (Å²) in [6.45, 7) is 4.75. The zero-order valence-corrected chi connectivity index (χ0v) is 17.0. The van der Waals surface area contributed by atoms with Crippen molar-refractivity contribution in [1.29, 1.82) is 0 Å². The second kappa shape index (κ2) is 11.1. The van der Waals surface area contributed by atoms with E-state index in [-0.39, 0.29) is 0 Å². The Kier molecular flexibility index (Phi) is 10.3. The fourth-order valence-corrected chi connectivity index (χ4v) is 5.35. The molecule has 0 spiro atoms. The van der Waals surface area contributed by atoms with Gasteiger partial charge in [0.05, 0.1) is 5.25 Å². The van der Waals surface area contributed by atoms with Crippen molar-refractivity contribution in [2.45, 2.75) is 95.6 Å². The Labute approximate surface area is 145 Å². The summed E-state index contributed by atoms with van der Waals surface area (Å²) in [6.07, 6.45) is 15.6. The third-order valence-electron chi connectivity index (χ3n) is 5.49. The zero-order chi connectivity index (χ0) is 17.2. The summed E-state index contributed by atoms with van der Waals surface area (Å²) >= 11 is 0. The molecule has 1 rings (SSSR count). The van der Waals surface area contributed by atoms with E-state index in [1.165, 1.54) is 51.1 Å². The number of rotatable bonds is 5. The van der Waals surface area contributed by atoms with Crippen LogP contribution in [-0.4, -0.2) is 31.0 Å². The Hall–Kier alpha value is 0.340. The summed E-state index contributed by atoms with van der Waals surface area (Å²) in [5.41, 5.74) is 0.482. The predicted octanol–water partition coefficient (Wildman–Crippen LogP) is 5.64. The van der Waals surface area contributed by atoms with Gasteiger partial charge in [-0.3, -0.25) is 4.55 Å². The van der Waals surface area contributed by atoms with Gasteiger partial charge >= 0.3 is 0 Å². The van der Waals surface area contributed by atoms with E-state index in [9.17, 15) is 13.0 Å². The Balaban J connectivity index is 2.54. The van der Waals surface area contributed by atoms with Crippen molar-refractivity contribution in [1.82, 2.24) is 0 Å². The highest BCUT2D eigenvalue weighted by Gasteiger charge is 2.25. The third kappa shape index (κ3) is 9.41. The molecule has 0 bridgehead atoms. The van der Waals surface area contributed by atoms with Crippen LogP contribution in [0.1, 0.15) is 90.4 Å². The molecule has 0 aromatic rings. The molecule has 0 aromatic carbocycles. The summed E-state index contributed by atoms with van der Waals surface area (Å²) < 4.78 is 32.3. The Bertz CT molecular complexity index is 410. The van der Waals surface area contributed by atoms with Crippen LogP contribution in [0.15, 0.2) is 0 Å². The van der Waals surface area contributed by atoms with Crippen LogP contribution in [0.5, 0.6) is 0 Å². The first kappa shape index (κ1) is 21.4. The van der Waals surface area contributed by atoms with Crippen molar-refractivity contribution in [2.24, 2.45) is 5.41 Å². The van der Waals surface area contributed by atoms with Crippen LogP contribution in [0.4, 0.5) is 0 Å². The third-order valence-corrected chi connectivity index (χ3v) is 7.66. The van der Waals surface area contributed by atoms with E-state index < -0.39 is 15.4 Å². The lowest BCUT2D eigenvalue weighted by Gasteiger charge is -2.30. The van der Waals surface area contributed by atoms with Gasteiger partial charge in [0.25, 0.3) is 10.1 Å². The van der Waals surface area contributed by atoms with Gasteiger partial charge in [-0.05, 0) is 56.8 Å². The normalized spacial score (nSPS) is 29.8. The second-order valence-corrected chi connectivity index (χ2v) is 10.6. The van der Waals surface area contributed by atoms with Gasteiger partial charge in [-0.25, -0.2) is 0 Å². The Morgan fingerprint density at radius 2 is 1.52 bits per heavy atom. The van der Waals surface area contributed by atoms with Gasteiger partial charge in [-0.15, -0.1) is 8.58 Å². The SMILES string of the molecule is CPCCCC1(C)CCCCCCC(S(=O)(=O)O)CCCCC1. The first-order valence-corrected chi connectivity index (χ1v) is 12.7. The standard InChI is InChI=1S/C18H37O3PS/c1-18(15-10-16-22-2)13-8-4-3-6-11-17(23(19,20)21)12-7-5-9-14-18/h17,22H,3-16H2,1-2H3,(H,19,20,21). The highest BCUT2D eigenvalue weighted by molar-refractivity contribution is 7.86. The molecule has 0 aliphatic heterocycles. The molecule has 138 valence electrons. The second-order valence-electron chi connectivity index (χ2n) is 7.71. The molecule has 0 heterocycles. The molecule has 1 aliphatic rings. The quantitative estimate of drug-likeness (QED) is 0.390. The Morgan fingerprint density at radius 3 is 2.04 bits per heavy atom. The smallest absolute Gasteiger partial charge is 0.267 e. The maximum Gasteiger partial charge on any atom is 0.267 e. The minimum absolute atomic E-state index is 0.482. The van der Waals surface area contributed by atoms with E-state index in [0.717, 1.165) is 34.3 Å². The van der Waals surface area contributed by atoms with Gasteiger partial charge in [-0.2, -0.15) is 8.42 Å². The highest BCUT2D eigenvalue weighted by Crippen LogP contribution is 2.37. The Morgan fingerprint density at radius 1 is 1.00 bits per heavy atom. The molecular weight excluding hydrogens is 327 g/mol. The van der Waals surface area contributed by atoms with E-state index in [2.05, 4.69) is 13.6 Å². The lowest BCUT2D eigenvalue weighted by atomic mass is 9.76. The highest BCUT2D eigenvalue weighted by atomic mass is 32.2. The molecule has 0 saturated heterocycles. The van der Waals surface area contributed by atoms with Gasteiger partial charge in [0.2, 0.25) is 0 Å². The average molecular weight is 365 g/mol. The lowest BCUT2D eigenvalue weighted by molar-refractivity contribution is 0.230. The van der Waals surface area contributed by atoms with Crippen LogP contribution in [-0.2, 0) is 10.1 Å². The minimum atomic E-state index is -3.86. The van der Waals surface area contributed by atoms with Crippen molar-refractivity contribution < 1.29 is 13.0 Å². The van der Waals surface area contributed by atoms with Gasteiger partial charge < -0.3 is 0 Å². The van der Waals surface area contributed by atoms with E-state index >= 15 is 0 Å². The predicted molar refractivity (Wildman–Crippen MR) is 103 cm³/mol. The summed E-state index contributed by atoms with van der Waals surface area (Å²) in [5.74, 6) is 0. The summed E-state index contributed by atoms with van der Waals surface area (Å²) in [7, 11) is -2.79. The first-order chi connectivity index (χ1) is 10.9. The van der Waals surface area contributed by atoms with Crippen molar-refractivity contribution in [2.75, 3.05) is 12.8 Å². The van der Waals surface area contributed by atoms with E-state index in [1.807, 2.05) is 0 Å². The topological polar surface area (TPSA) is 54.4 Å². The maximum atomic E-state index is 11.5. The number of hydrogen-bond donors (Lipinski definition) is 1. The van der Waals surface area contributed by atoms with Crippen LogP contribution < -0.4 is 0 Å². The zero-order valence-electron chi connectivity index (χ0n) is 15.1. The molecule has 1 aliphatic carbocycles. The summed E-state index contributed by atoms with van der Waals surface area (Å²) in [6, 6.07) is 0. The molecule has 3 atom stereocenters. The van der Waals surface area contributed by atoms with Crippen molar-refractivity contribution in [3.63, 3.8) is 0 Å². The van der Waals surface area contributed by atoms with Gasteiger partial charge in [0, 0.05) is 0 Å². The van der Waals surface area contributed by atoms with Crippen LogP contribution >= 0.6 is 8.58 Å². The molecular formula is C18H37O3PS. The molecule has 0 radical (unpaired) electrons. The van der Waals surface area contributed by atoms with Crippen LogP contribution in [0.3, 0.4) is 0 Å². The largest absolute Gasteiger partial charge is 0.285 e. The molecule has 0 amide bonds. The minimum Gasteiger partial charge on any atom is -0.285 e. The first-order valence-electron chi connectivity index (χ1n) is 9.48. The molecule has 0 aromatic heterocycles. The van der Waals surface area contributed by atoms with Gasteiger partial charge in [-0.1, -0.05) is 51.9 Å². The molecule has 5 heteroatoms. The van der Waals surface area contributed by atoms with Crippen molar-refractivity contribution >= 4 is 18.7 Å². The van der Waals surface area contributed by atoms with E-state index in [0.29, 0.717) is 18.3 Å². The van der Waals surface area contributed by atoms with Crippen molar-refractivity contribution in [3.8, 4) is 0 Å². The van der Waals surface area contributed by atoms with E-state index in [4.69, 9.17) is 0 Å². The molecule has 3 nitrogen and oxygen atoms in total. The average Bonchev–Trinajstić information content (AvgIpc) is 2.48. The summed E-state index contributed by atoms with van der Waals surface area (Å²) in [5, 5.41) is -0.528. The fraction of sp³-hybridized carbons (Fsp3) is 1.00.